The maximum Gasteiger partial charge on any atom is 0.314 e. The fraction of sp³-hybridized carbons (Fsp3) is 0.226. The number of halogens is 3. The van der Waals surface area contributed by atoms with Crippen molar-refractivity contribution < 1.29 is 18.3 Å². The minimum Gasteiger partial charge on any atom is -0.481 e. The number of methoxy groups -OCH3 is 1. The van der Waals surface area contributed by atoms with Crippen LogP contribution in [0.3, 0.4) is 0 Å². The smallest absolute Gasteiger partial charge is 0.314 e. The molecule has 1 aliphatic rings. The van der Waals surface area contributed by atoms with Crippen LogP contribution < -0.4 is 10.3 Å². The van der Waals surface area contributed by atoms with Crippen LogP contribution in [0.4, 0.5) is 8.78 Å². The van der Waals surface area contributed by atoms with Gasteiger partial charge < -0.3 is 9.47 Å². The highest BCUT2D eigenvalue weighted by Gasteiger charge is 2.40. The molecule has 0 fully saturated rings. The highest BCUT2D eigenvalue weighted by molar-refractivity contribution is 6.30. The van der Waals surface area contributed by atoms with Crippen LogP contribution in [0.25, 0.3) is 5.57 Å². The molecule has 2 heterocycles. The predicted molar refractivity (Wildman–Crippen MR) is 154 cm³/mol. The van der Waals surface area contributed by atoms with Crippen LogP contribution in [0.15, 0.2) is 94.3 Å². The van der Waals surface area contributed by atoms with Crippen molar-refractivity contribution >= 4 is 23.4 Å². The molecule has 0 amide bonds. The highest BCUT2D eigenvalue weighted by Crippen LogP contribution is 2.39. The summed E-state index contributed by atoms with van der Waals surface area (Å²) in [5, 5.41) is 9.43. The monoisotopic (exact) mass is 576 g/mol. The van der Waals surface area contributed by atoms with Crippen LogP contribution in [0.2, 0.25) is 5.02 Å². The number of ether oxygens (including phenoxy) is 2. The van der Waals surface area contributed by atoms with E-state index in [1.807, 2.05) is 49.4 Å². The van der Waals surface area contributed by atoms with Crippen LogP contribution in [0.5, 0.6) is 11.5 Å². The first kappa shape index (κ1) is 29.4. The van der Waals surface area contributed by atoms with Crippen molar-refractivity contribution in [3.63, 3.8) is 0 Å². The lowest BCUT2D eigenvalue weighted by Crippen LogP contribution is -2.28. The third kappa shape index (κ3) is 6.28. The normalized spacial score (nSPS) is 15.1. The molecule has 2 aromatic carbocycles. The summed E-state index contributed by atoms with van der Waals surface area (Å²) in [5.41, 5.74) is 0.274. The van der Waals surface area contributed by atoms with E-state index < -0.39 is 28.5 Å². The van der Waals surface area contributed by atoms with E-state index in [-0.39, 0.29) is 34.7 Å². The molecule has 0 saturated carbocycles. The molecule has 1 aliphatic heterocycles. The van der Waals surface area contributed by atoms with Crippen molar-refractivity contribution in [3.8, 4) is 17.6 Å². The first-order valence-electron chi connectivity index (χ1n) is 12.7. The zero-order valence-corrected chi connectivity index (χ0v) is 23.5. The fourth-order valence-electron chi connectivity index (χ4n) is 4.32. The van der Waals surface area contributed by atoms with E-state index in [2.05, 4.69) is 16.6 Å². The summed E-state index contributed by atoms with van der Waals surface area (Å²) >= 11 is 6.08. The number of alkyl halides is 2. The lowest BCUT2D eigenvalue weighted by Gasteiger charge is -2.20. The Morgan fingerprint density at radius 2 is 1.98 bits per heavy atom. The molecule has 0 saturated heterocycles. The fourth-order valence-corrected chi connectivity index (χ4v) is 4.54. The van der Waals surface area contributed by atoms with Gasteiger partial charge in [-0.2, -0.15) is 14.0 Å². The zero-order valence-electron chi connectivity index (χ0n) is 22.7. The maximum absolute atomic E-state index is 15.2. The summed E-state index contributed by atoms with van der Waals surface area (Å²) in [4.78, 5) is 22.2. The van der Waals surface area contributed by atoms with E-state index in [9.17, 15) is 10.1 Å². The molecule has 7 nitrogen and oxygen atoms in total. The van der Waals surface area contributed by atoms with E-state index in [1.54, 1.807) is 6.21 Å². The molecule has 1 aromatic heterocycles. The first-order chi connectivity index (χ1) is 19.6. The third-order valence-corrected chi connectivity index (χ3v) is 6.72. The highest BCUT2D eigenvalue weighted by atomic mass is 35.5. The number of benzene rings is 2. The van der Waals surface area contributed by atoms with Gasteiger partial charge in [-0.15, -0.1) is 0 Å². The molecule has 0 N–H and O–H groups in total. The minimum absolute atomic E-state index is 0.0254. The van der Waals surface area contributed by atoms with Gasteiger partial charge in [0.05, 0.1) is 31.6 Å². The Balaban J connectivity index is 1.87. The molecule has 1 atom stereocenters. The van der Waals surface area contributed by atoms with Crippen LogP contribution >= 0.6 is 11.6 Å². The second kappa shape index (κ2) is 12.3. The second-order valence-electron chi connectivity index (χ2n) is 9.39. The van der Waals surface area contributed by atoms with Gasteiger partial charge in [-0.05, 0) is 54.3 Å². The largest absolute Gasteiger partial charge is 0.481 e. The minimum atomic E-state index is -3.68. The van der Waals surface area contributed by atoms with Crippen molar-refractivity contribution in [3.05, 3.63) is 117 Å². The maximum atomic E-state index is 15.2. The van der Waals surface area contributed by atoms with Crippen molar-refractivity contribution in [2.24, 2.45) is 10.9 Å². The molecule has 210 valence electrons. The van der Waals surface area contributed by atoms with Crippen molar-refractivity contribution in [1.29, 1.82) is 5.26 Å². The predicted octanol–water partition coefficient (Wildman–Crippen LogP) is 7.28. The van der Waals surface area contributed by atoms with E-state index in [0.29, 0.717) is 5.57 Å². The molecule has 41 heavy (non-hydrogen) atoms. The molecule has 10 heteroatoms. The number of nitriles is 1. The Bertz CT molecular complexity index is 1670. The zero-order chi connectivity index (χ0) is 29.7. The van der Waals surface area contributed by atoms with E-state index in [0.717, 1.165) is 35.4 Å². The summed E-state index contributed by atoms with van der Waals surface area (Å²) in [7, 11) is 1.47. The summed E-state index contributed by atoms with van der Waals surface area (Å²) in [5.74, 6) is -4.22. The van der Waals surface area contributed by atoms with Crippen LogP contribution in [-0.2, 0) is 17.2 Å². The third-order valence-electron chi connectivity index (χ3n) is 6.51. The van der Waals surface area contributed by atoms with Gasteiger partial charge in [-0.1, -0.05) is 55.4 Å². The molecule has 3 aromatic rings. The topological polar surface area (TPSA) is 89.5 Å². The Hall–Kier alpha value is -4.55. The van der Waals surface area contributed by atoms with Gasteiger partial charge in [0.2, 0.25) is 11.6 Å². The quantitative estimate of drug-likeness (QED) is 0.250. The molecular weight excluding hydrogens is 550 g/mol. The molecule has 0 bridgehead atoms. The number of rotatable bonds is 9. The van der Waals surface area contributed by atoms with E-state index >= 15 is 8.78 Å². The molecular formula is C31H27ClF2N4O3. The number of hydrogen-bond donors (Lipinski definition) is 0. The van der Waals surface area contributed by atoms with Gasteiger partial charge in [0.25, 0.3) is 5.56 Å². The number of hydrogen-bond acceptors (Lipinski definition) is 6. The second-order valence-corrected chi connectivity index (χ2v) is 9.83. The standard InChI is InChI=1S/C31H27ClF2N4O3/c1-5-21-16-36-29(40-4)23(13-26(21)22-9-7-6-8-10-22)17-38-18-37-28(31(33,34)19(2)3)27(30(38)39)41-25-12-20(15-35)11-24(32)14-25/h6-14,16,18,21H,2,5,17H2,1,3-4H3. The summed E-state index contributed by atoms with van der Waals surface area (Å²) in [6, 6.07) is 15.6. The Morgan fingerprint density at radius 1 is 1.24 bits per heavy atom. The average Bonchev–Trinajstić information content (AvgIpc) is 3.13. The lowest BCUT2D eigenvalue weighted by atomic mass is 9.90. The van der Waals surface area contributed by atoms with E-state index in [4.69, 9.17) is 21.1 Å². The number of nitrogens with zero attached hydrogens (tertiary/aromatic N) is 4. The summed E-state index contributed by atoms with van der Waals surface area (Å²) in [6.07, 6.45) is 5.49. The number of aliphatic imine (C=N–C) groups is 1. The molecule has 0 radical (unpaired) electrons. The van der Waals surface area contributed by atoms with Crippen molar-refractivity contribution in [1.82, 2.24) is 9.55 Å². The van der Waals surface area contributed by atoms with Gasteiger partial charge >= 0.3 is 5.92 Å². The van der Waals surface area contributed by atoms with Gasteiger partial charge in [-0.25, -0.2) is 9.98 Å². The summed E-state index contributed by atoms with van der Waals surface area (Å²) < 4.78 is 42.8. The van der Waals surface area contributed by atoms with Crippen LogP contribution in [0, 0.1) is 17.2 Å². The molecule has 1 unspecified atom stereocenters. The van der Waals surface area contributed by atoms with Gasteiger partial charge in [0.1, 0.15) is 5.75 Å². The molecule has 4 rings (SSSR count). The number of aromatic nitrogens is 2. The molecule has 0 spiro atoms. The first-order valence-corrected chi connectivity index (χ1v) is 13.1. The van der Waals surface area contributed by atoms with Crippen molar-refractivity contribution in [2.75, 3.05) is 7.11 Å². The van der Waals surface area contributed by atoms with Gasteiger partial charge in [-0.3, -0.25) is 9.36 Å². The average molecular weight is 577 g/mol. The van der Waals surface area contributed by atoms with Crippen LogP contribution in [0.1, 0.15) is 37.1 Å². The SMILES string of the molecule is C=C(C)C(F)(F)c1ncn(CC2=C(OC)N=CC(CC)C(c3ccccc3)=C2)c(=O)c1Oc1cc(Cl)cc(C#N)c1. The molecule has 0 aliphatic carbocycles. The number of allylic oxidation sites excluding steroid dienone is 4. The Labute approximate surface area is 241 Å². The van der Waals surface area contributed by atoms with Crippen LogP contribution in [-0.4, -0.2) is 22.9 Å². The van der Waals surface area contributed by atoms with Gasteiger partial charge in [0.15, 0.2) is 5.69 Å². The van der Waals surface area contributed by atoms with Gasteiger partial charge in [0, 0.05) is 22.7 Å². The Kier molecular flexibility index (Phi) is 8.84. The summed E-state index contributed by atoms with van der Waals surface area (Å²) in [6.45, 7) is 6.42. The van der Waals surface area contributed by atoms with Crippen molar-refractivity contribution in [2.45, 2.75) is 32.7 Å². The van der Waals surface area contributed by atoms with E-state index in [1.165, 1.54) is 25.3 Å². The lowest BCUT2D eigenvalue weighted by molar-refractivity contribution is 0.0309. The Morgan fingerprint density at radius 3 is 2.61 bits per heavy atom.